The fraction of sp³-hybridized carbons (Fsp3) is 0.217. The van der Waals surface area contributed by atoms with Gasteiger partial charge in [-0.05, 0) is 48.1 Å². The molecule has 0 aliphatic carbocycles. The number of fused-ring (bicyclic) bond motifs is 1. The van der Waals surface area contributed by atoms with Gasteiger partial charge in [-0.2, -0.15) is 0 Å². The molecule has 2 aromatic carbocycles. The minimum Gasteiger partial charge on any atom is -0.325 e. The molecule has 0 unspecified atom stereocenters. The van der Waals surface area contributed by atoms with Crippen LogP contribution in [0.4, 0.5) is 5.69 Å². The molecule has 4 nitrogen and oxygen atoms in total. The normalized spacial score (nSPS) is 16.4. The van der Waals surface area contributed by atoms with Gasteiger partial charge in [0.05, 0.1) is 12.6 Å². The molecular weight excluding hydrogens is 368 g/mol. The number of rotatable bonds is 5. The average molecular weight is 391 g/mol. The predicted molar refractivity (Wildman–Crippen MR) is 113 cm³/mol. The second kappa shape index (κ2) is 8.09. The van der Waals surface area contributed by atoms with Crippen LogP contribution in [0.2, 0.25) is 0 Å². The number of amides is 1. The Morgan fingerprint density at radius 1 is 1.11 bits per heavy atom. The summed E-state index contributed by atoms with van der Waals surface area (Å²) in [7, 11) is 0. The third-order valence-electron chi connectivity index (χ3n) is 5.08. The largest absolute Gasteiger partial charge is 0.325 e. The van der Waals surface area contributed by atoms with E-state index in [4.69, 9.17) is 0 Å². The predicted octanol–water partition coefficient (Wildman–Crippen LogP) is 4.54. The third kappa shape index (κ3) is 3.91. The lowest BCUT2D eigenvalue weighted by atomic mass is 9.93. The van der Waals surface area contributed by atoms with Gasteiger partial charge in [0.2, 0.25) is 5.91 Å². The molecule has 0 saturated heterocycles. The summed E-state index contributed by atoms with van der Waals surface area (Å²) < 4.78 is 0. The molecule has 1 aromatic heterocycles. The Hall–Kier alpha value is -2.76. The van der Waals surface area contributed by atoms with Gasteiger partial charge in [0.15, 0.2) is 5.78 Å². The van der Waals surface area contributed by atoms with Crippen LogP contribution in [0.1, 0.15) is 39.3 Å². The highest BCUT2D eigenvalue weighted by atomic mass is 32.1. The van der Waals surface area contributed by atoms with Crippen LogP contribution in [-0.2, 0) is 11.2 Å². The summed E-state index contributed by atoms with van der Waals surface area (Å²) in [6.45, 7) is 2.67. The van der Waals surface area contributed by atoms with Crippen molar-refractivity contribution in [2.24, 2.45) is 0 Å². The lowest BCUT2D eigenvalue weighted by Gasteiger charge is -2.35. The molecule has 28 heavy (non-hydrogen) atoms. The molecule has 4 rings (SSSR count). The number of hydrogen-bond donors (Lipinski definition) is 1. The van der Waals surface area contributed by atoms with Crippen molar-refractivity contribution in [2.75, 3.05) is 18.4 Å². The van der Waals surface area contributed by atoms with E-state index in [9.17, 15) is 9.59 Å². The van der Waals surface area contributed by atoms with Crippen LogP contribution in [-0.4, -0.2) is 29.7 Å². The first-order chi connectivity index (χ1) is 13.6. The van der Waals surface area contributed by atoms with Crippen LogP contribution in [0.15, 0.2) is 66.0 Å². The summed E-state index contributed by atoms with van der Waals surface area (Å²) in [4.78, 5) is 28.0. The minimum atomic E-state index is -0.0692. The number of nitrogens with one attached hydrogen (secondary N) is 1. The average Bonchev–Trinajstić information content (AvgIpc) is 3.17. The first-order valence-corrected chi connectivity index (χ1v) is 10.3. The summed E-state index contributed by atoms with van der Waals surface area (Å²) in [5.74, 6) is -0.0819. The SMILES string of the molecule is CC(=O)c1cccc(NC(=O)CN2CCc3sccc3[C@@H]2c2ccccc2)c1. The summed E-state index contributed by atoms with van der Waals surface area (Å²) in [6.07, 6.45) is 0.962. The zero-order chi connectivity index (χ0) is 19.5. The molecule has 0 fully saturated rings. The third-order valence-corrected chi connectivity index (χ3v) is 6.08. The van der Waals surface area contributed by atoms with E-state index in [0.717, 1.165) is 13.0 Å². The monoisotopic (exact) mass is 390 g/mol. The molecule has 0 radical (unpaired) electrons. The van der Waals surface area contributed by atoms with E-state index in [1.165, 1.54) is 22.9 Å². The molecule has 1 aliphatic rings. The molecule has 0 bridgehead atoms. The number of ketones is 1. The van der Waals surface area contributed by atoms with Gasteiger partial charge in [-0.1, -0.05) is 42.5 Å². The lowest BCUT2D eigenvalue weighted by molar-refractivity contribution is -0.117. The standard InChI is InChI=1S/C23H22N2O2S/c1-16(26)18-8-5-9-19(14-18)24-22(27)15-25-12-10-21-20(11-13-28-21)23(25)17-6-3-2-4-7-17/h2-9,11,13-14,23H,10,12,15H2,1H3,(H,24,27)/t23-/m0/s1. The Labute approximate surface area is 168 Å². The summed E-state index contributed by atoms with van der Waals surface area (Å²) >= 11 is 1.79. The van der Waals surface area contributed by atoms with Crippen molar-refractivity contribution in [1.82, 2.24) is 4.90 Å². The van der Waals surface area contributed by atoms with Gasteiger partial charge in [0.25, 0.3) is 0 Å². The second-order valence-electron chi connectivity index (χ2n) is 7.02. The van der Waals surface area contributed by atoms with Crippen molar-refractivity contribution in [2.45, 2.75) is 19.4 Å². The number of thiophene rings is 1. The number of hydrogen-bond acceptors (Lipinski definition) is 4. The Bertz CT molecular complexity index is 997. The number of nitrogens with zero attached hydrogens (tertiary/aromatic N) is 1. The van der Waals surface area contributed by atoms with E-state index in [0.29, 0.717) is 17.8 Å². The Morgan fingerprint density at radius 2 is 1.93 bits per heavy atom. The minimum absolute atomic E-state index is 0.0127. The zero-order valence-electron chi connectivity index (χ0n) is 15.7. The summed E-state index contributed by atoms with van der Waals surface area (Å²) in [5.41, 5.74) is 3.75. The van der Waals surface area contributed by atoms with Gasteiger partial charge in [-0.15, -0.1) is 11.3 Å². The summed E-state index contributed by atoms with van der Waals surface area (Å²) in [6, 6.07) is 19.7. The lowest BCUT2D eigenvalue weighted by Crippen LogP contribution is -2.40. The molecule has 0 saturated carbocycles. The molecule has 142 valence electrons. The molecule has 1 amide bonds. The number of benzene rings is 2. The highest BCUT2D eigenvalue weighted by Gasteiger charge is 2.30. The van der Waals surface area contributed by atoms with E-state index in [2.05, 4.69) is 33.8 Å². The van der Waals surface area contributed by atoms with E-state index in [-0.39, 0.29) is 17.7 Å². The van der Waals surface area contributed by atoms with Crippen molar-refractivity contribution < 1.29 is 9.59 Å². The van der Waals surface area contributed by atoms with Crippen molar-refractivity contribution >= 4 is 28.7 Å². The fourth-order valence-electron chi connectivity index (χ4n) is 3.77. The van der Waals surface area contributed by atoms with Gasteiger partial charge >= 0.3 is 0 Å². The smallest absolute Gasteiger partial charge is 0.238 e. The van der Waals surface area contributed by atoms with E-state index < -0.39 is 0 Å². The van der Waals surface area contributed by atoms with Crippen LogP contribution in [0.5, 0.6) is 0 Å². The highest BCUT2D eigenvalue weighted by Crippen LogP contribution is 2.37. The van der Waals surface area contributed by atoms with Crippen LogP contribution in [0, 0.1) is 0 Å². The molecule has 1 atom stereocenters. The fourth-order valence-corrected chi connectivity index (χ4v) is 4.67. The number of carbonyl (C=O) groups is 2. The topological polar surface area (TPSA) is 49.4 Å². The maximum absolute atomic E-state index is 12.8. The van der Waals surface area contributed by atoms with Crippen LogP contribution in [0.25, 0.3) is 0 Å². The van der Waals surface area contributed by atoms with Gasteiger partial charge < -0.3 is 5.32 Å². The molecule has 5 heteroatoms. The Kier molecular flexibility index (Phi) is 5.37. The molecule has 0 spiro atoms. The molecule has 3 aromatic rings. The number of Topliss-reactive ketones (excluding diaryl/α,β-unsaturated/α-hetero) is 1. The molecule has 1 N–H and O–H groups in total. The van der Waals surface area contributed by atoms with Crippen LogP contribution < -0.4 is 5.32 Å². The van der Waals surface area contributed by atoms with Gasteiger partial charge in [-0.3, -0.25) is 14.5 Å². The Balaban J connectivity index is 1.54. The first kappa shape index (κ1) is 18.6. The second-order valence-corrected chi connectivity index (χ2v) is 8.02. The van der Waals surface area contributed by atoms with Gasteiger partial charge in [0, 0.05) is 22.7 Å². The van der Waals surface area contributed by atoms with Crippen molar-refractivity contribution in [3.8, 4) is 0 Å². The number of carbonyl (C=O) groups excluding carboxylic acids is 2. The molecular formula is C23H22N2O2S. The Morgan fingerprint density at radius 3 is 2.71 bits per heavy atom. The van der Waals surface area contributed by atoms with Gasteiger partial charge in [-0.25, -0.2) is 0 Å². The number of anilines is 1. The van der Waals surface area contributed by atoms with Crippen molar-refractivity contribution in [3.63, 3.8) is 0 Å². The van der Waals surface area contributed by atoms with E-state index in [1.807, 2.05) is 24.3 Å². The van der Waals surface area contributed by atoms with E-state index >= 15 is 0 Å². The van der Waals surface area contributed by atoms with Crippen molar-refractivity contribution in [1.29, 1.82) is 0 Å². The summed E-state index contributed by atoms with van der Waals surface area (Å²) in [5, 5.41) is 5.08. The molecule has 2 heterocycles. The maximum atomic E-state index is 12.8. The van der Waals surface area contributed by atoms with Crippen LogP contribution >= 0.6 is 11.3 Å². The first-order valence-electron chi connectivity index (χ1n) is 9.38. The van der Waals surface area contributed by atoms with Crippen molar-refractivity contribution in [3.05, 3.63) is 87.6 Å². The zero-order valence-corrected chi connectivity index (χ0v) is 16.5. The molecule has 1 aliphatic heterocycles. The van der Waals surface area contributed by atoms with Crippen LogP contribution in [0.3, 0.4) is 0 Å². The quantitative estimate of drug-likeness (QED) is 0.651. The van der Waals surface area contributed by atoms with E-state index in [1.54, 1.807) is 29.5 Å². The maximum Gasteiger partial charge on any atom is 0.238 e. The van der Waals surface area contributed by atoms with Gasteiger partial charge in [0.1, 0.15) is 0 Å². The highest BCUT2D eigenvalue weighted by molar-refractivity contribution is 7.10.